The minimum atomic E-state index is -2.44. The van der Waals surface area contributed by atoms with Gasteiger partial charge in [-0.05, 0) is 12.1 Å². The normalized spacial score (nSPS) is 10.6. The van der Waals surface area contributed by atoms with Crippen LogP contribution in [-0.4, -0.2) is 13.0 Å². The summed E-state index contributed by atoms with van der Waals surface area (Å²) in [7, 11) is 0. The Morgan fingerprint density at radius 3 is 2.43 bits per heavy atom. The number of halogens is 4. The molecule has 0 bridgehead atoms. The molecule has 0 spiro atoms. The smallest absolute Gasteiger partial charge is 0.255 e. The van der Waals surface area contributed by atoms with Crippen LogP contribution in [0.1, 0.15) is 0 Å². The number of nitrogens with one attached hydrogen (secondary N) is 1. The van der Waals surface area contributed by atoms with Gasteiger partial charge in [-0.2, -0.15) is 0 Å². The van der Waals surface area contributed by atoms with E-state index in [9.17, 15) is 8.78 Å². The van der Waals surface area contributed by atoms with Crippen LogP contribution in [0.5, 0.6) is 0 Å². The first-order valence-electron chi connectivity index (χ1n) is 3.77. The van der Waals surface area contributed by atoms with E-state index in [1.54, 1.807) is 0 Å². The number of alkyl halides is 2. The first-order chi connectivity index (χ1) is 6.50. The predicted molar refractivity (Wildman–Crippen MR) is 55.4 cm³/mol. The van der Waals surface area contributed by atoms with Crippen molar-refractivity contribution >= 4 is 34.6 Å². The van der Waals surface area contributed by atoms with Crippen LogP contribution in [0.15, 0.2) is 12.1 Å². The Kier molecular flexibility index (Phi) is 3.77. The lowest BCUT2D eigenvalue weighted by Gasteiger charge is -2.09. The summed E-state index contributed by atoms with van der Waals surface area (Å²) in [5.41, 5.74) is 6.18. The quantitative estimate of drug-likeness (QED) is 0.797. The second kappa shape index (κ2) is 4.66. The summed E-state index contributed by atoms with van der Waals surface area (Å²) in [4.78, 5) is 0. The largest absolute Gasteiger partial charge is 0.397 e. The van der Waals surface area contributed by atoms with Gasteiger partial charge in [-0.1, -0.05) is 23.2 Å². The van der Waals surface area contributed by atoms with E-state index < -0.39 is 13.0 Å². The Morgan fingerprint density at radius 1 is 1.29 bits per heavy atom. The Hall–Kier alpha value is -0.740. The van der Waals surface area contributed by atoms with Crippen LogP contribution < -0.4 is 11.1 Å². The van der Waals surface area contributed by atoms with Crippen molar-refractivity contribution in [1.82, 2.24) is 0 Å². The van der Waals surface area contributed by atoms with Gasteiger partial charge in [-0.3, -0.25) is 0 Å². The van der Waals surface area contributed by atoms with Crippen molar-refractivity contribution in [3.8, 4) is 0 Å². The second-order valence-corrected chi connectivity index (χ2v) is 3.44. The van der Waals surface area contributed by atoms with E-state index in [0.717, 1.165) is 0 Å². The average molecular weight is 241 g/mol. The molecule has 6 heteroatoms. The van der Waals surface area contributed by atoms with Crippen molar-refractivity contribution in [2.75, 3.05) is 17.6 Å². The van der Waals surface area contributed by atoms with Crippen molar-refractivity contribution in [3.05, 3.63) is 22.2 Å². The fourth-order valence-corrected chi connectivity index (χ4v) is 1.24. The molecule has 3 N–H and O–H groups in total. The summed E-state index contributed by atoms with van der Waals surface area (Å²) >= 11 is 11.3. The molecule has 2 nitrogen and oxygen atoms in total. The van der Waals surface area contributed by atoms with Crippen molar-refractivity contribution in [1.29, 1.82) is 0 Å². The molecule has 0 fully saturated rings. The summed E-state index contributed by atoms with van der Waals surface area (Å²) in [5, 5.41) is 3.04. The standard InChI is InChI=1S/C8H8Cl2F2N2/c9-4-1-6(13)7(2-5(4)10)14-3-8(11)12/h1-2,8,14H,3,13H2. The van der Waals surface area contributed by atoms with Crippen LogP contribution in [0.2, 0.25) is 10.0 Å². The van der Waals surface area contributed by atoms with Gasteiger partial charge in [-0.15, -0.1) is 0 Å². The van der Waals surface area contributed by atoms with E-state index in [2.05, 4.69) is 5.32 Å². The molecule has 0 atom stereocenters. The van der Waals surface area contributed by atoms with Crippen molar-refractivity contribution in [2.24, 2.45) is 0 Å². The number of benzene rings is 1. The highest BCUT2D eigenvalue weighted by Gasteiger charge is 2.07. The summed E-state index contributed by atoms with van der Waals surface area (Å²) in [5.74, 6) is 0. The molecule has 0 saturated heterocycles. The molecule has 0 unspecified atom stereocenters. The van der Waals surface area contributed by atoms with Gasteiger partial charge in [-0.25, -0.2) is 8.78 Å². The number of nitrogens with two attached hydrogens (primary N) is 1. The van der Waals surface area contributed by atoms with Crippen molar-refractivity contribution in [2.45, 2.75) is 6.43 Å². The highest BCUT2D eigenvalue weighted by atomic mass is 35.5. The van der Waals surface area contributed by atoms with E-state index in [1.807, 2.05) is 0 Å². The topological polar surface area (TPSA) is 38.0 Å². The molecule has 0 aromatic heterocycles. The summed E-state index contributed by atoms with van der Waals surface area (Å²) in [6, 6.07) is 2.83. The van der Waals surface area contributed by atoms with Gasteiger partial charge < -0.3 is 11.1 Å². The fourth-order valence-electron chi connectivity index (χ4n) is 0.902. The Bertz CT molecular complexity index is 331. The summed E-state index contributed by atoms with van der Waals surface area (Å²) in [6.45, 7) is -0.470. The summed E-state index contributed by atoms with van der Waals surface area (Å²) < 4.78 is 23.7. The van der Waals surface area contributed by atoms with E-state index in [0.29, 0.717) is 16.4 Å². The summed E-state index contributed by atoms with van der Waals surface area (Å²) in [6.07, 6.45) is -2.44. The maximum atomic E-state index is 11.9. The number of hydrogen-bond donors (Lipinski definition) is 2. The van der Waals surface area contributed by atoms with E-state index in [-0.39, 0.29) is 5.02 Å². The number of nitrogen functional groups attached to an aromatic ring is 1. The number of hydrogen-bond acceptors (Lipinski definition) is 2. The number of rotatable bonds is 3. The Balaban J connectivity index is 2.82. The molecule has 14 heavy (non-hydrogen) atoms. The van der Waals surface area contributed by atoms with Gasteiger partial charge in [0.1, 0.15) is 0 Å². The zero-order valence-electron chi connectivity index (χ0n) is 7.03. The van der Waals surface area contributed by atoms with Crippen molar-refractivity contribution in [3.63, 3.8) is 0 Å². The molecular weight excluding hydrogens is 233 g/mol. The Morgan fingerprint density at radius 2 is 1.86 bits per heavy atom. The van der Waals surface area contributed by atoms with Crippen LogP contribution in [0.4, 0.5) is 20.2 Å². The lowest BCUT2D eigenvalue weighted by molar-refractivity contribution is 0.163. The van der Waals surface area contributed by atoms with Gasteiger partial charge in [0, 0.05) is 0 Å². The van der Waals surface area contributed by atoms with Gasteiger partial charge in [0.25, 0.3) is 6.43 Å². The molecule has 0 aliphatic carbocycles. The molecule has 1 aromatic carbocycles. The molecule has 78 valence electrons. The third-order valence-corrected chi connectivity index (χ3v) is 2.26. The van der Waals surface area contributed by atoms with E-state index in [1.165, 1.54) is 12.1 Å². The molecule has 0 amide bonds. The van der Waals surface area contributed by atoms with Gasteiger partial charge >= 0.3 is 0 Å². The molecule has 0 aliphatic heterocycles. The van der Waals surface area contributed by atoms with Gasteiger partial charge in [0.15, 0.2) is 0 Å². The molecular formula is C8H8Cl2F2N2. The second-order valence-electron chi connectivity index (χ2n) is 2.63. The molecule has 0 heterocycles. The fraction of sp³-hybridized carbons (Fsp3) is 0.250. The van der Waals surface area contributed by atoms with Crippen LogP contribution in [0, 0.1) is 0 Å². The van der Waals surface area contributed by atoms with Crippen molar-refractivity contribution < 1.29 is 8.78 Å². The SMILES string of the molecule is Nc1cc(Cl)c(Cl)cc1NCC(F)F. The molecule has 0 radical (unpaired) electrons. The zero-order chi connectivity index (χ0) is 10.7. The van der Waals surface area contributed by atoms with Gasteiger partial charge in [0.05, 0.1) is 28.0 Å². The third-order valence-electron chi connectivity index (χ3n) is 1.54. The van der Waals surface area contributed by atoms with E-state index >= 15 is 0 Å². The van der Waals surface area contributed by atoms with Gasteiger partial charge in [0.2, 0.25) is 0 Å². The van der Waals surface area contributed by atoms with Crippen LogP contribution >= 0.6 is 23.2 Å². The third kappa shape index (κ3) is 2.89. The predicted octanol–water partition coefficient (Wildman–Crippen LogP) is 3.25. The molecule has 0 aliphatic rings. The number of anilines is 2. The zero-order valence-corrected chi connectivity index (χ0v) is 8.54. The molecule has 1 aromatic rings. The highest BCUT2D eigenvalue weighted by molar-refractivity contribution is 6.42. The monoisotopic (exact) mass is 240 g/mol. The first kappa shape index (κ1) is 11.3. The molecule has 0 saturated carbocycles. The highest BCUT2D eigenvalue weighted by Crippen LogP contribution is 2.30. The minimum Gasteiger partial charge on any atom is -0.397 e. The minimum absolute atomic E-state index is 0.276. The van der Waals surface area contributed by atoms with Crippen LogP contribution in [0.3, 0.4) is 0 Å². The van der Waals surface area contributed by atoms with E-state index in [4.69, 9.17) is 28.9 Å². The average Bonchev–Trinajstić information content (AvgIpc) is 2.09. The first-order valence-corrected chi connectivity index (χ1v) is 4.53. The maximum absolute atomic E-state index is 11.9. The van der Waals surface area contributed by atoms with Crippen LogP contribution in [-0.2, 0) is 0 Å². The lowest BCUT2D eigenvalue weighted by Crippen LogP contribution is -2.11. The maximum Gasteiger partial charge on any atom is 0.255 e. The van der Waals surface area contributed by atoms with Crippen LogP contribution in [0.25, 0.3) is 0 Å². The molecule has 1 rings (SSSR count). The lowest BCUT2D eigenvalue weighted by atomic mass is 10.2. The Labute approximate surface area is 90.0 Å².